The normalized spacial score (nSPS) is 16.2. The fourth-order valence-corrected chi connectivity index (χ4v) is 3.53. The average Bonchev–Trinajstić information content (AvgIpc) is 3.23. The highest BCUT2D eigenvalue weighted by atomic mass is 16.5. The number of carbonyl (C=O) groups excluding carboxylic acids is 1. The number of ether oxygens (including phenoxy) is 1. The van der Waals surface area contributed by atoms with Crippen LogP contribution in [0.3, 0.4) is 0 Å². The van der Waals surface area contributed by atoms with Crippen LogP contribution in [-0.4, -0.2) is 68.2 Å². The van der Waals surface area contributed by atoms with Crippen LogP contribution < -0.4 is 5.32 Å². The lowest BCUT2D eigenvalue weighted by Crippen LogP contribution is -2.44. The van der Waals surface area contributed by atoms with Gasteiger partial charge in [0.2, 0.25) is 0 Å². The van der Waals surface area contributed by atoms with Gasteiger partial charge in [-0.25, -0.2) is 9.50 Å². The van der Waals surface area contributed by atoms with Gasteiger partial charge in [-0.2, -0.15) is 10.1 Å². The molecule has 0 spiro atoms. The van der Waals surface area contributed by atoms with Crippen LogP contribution in [-0.2, 0) is 4.74 Å². The van der Waals surface area contributed by atoms with Gasteiger partial charge in [-0.3, -0.25) is 14.7 Å². The second-order valence-corrected chi connectivity index (χ2v) is 7.32. The number of nitrogens with one attached hydrogen (secondary N) is 1. The van der Waals surface area contributed by atoms with E-state index in [-0.39, 0.29) is 17.9 Å². The number of pyridine rings is 1. The van der Waals surface area contributed by atoms with Gasteiger partial charge in [0, 0.05) is 25.8 Å². The second kappa shape index (κ2) is 8.62. The largest absolute Gasteiger partial charge is 0.379 e. The number of morpholine rings is 1. The smallest absolute Gasteiger partial charge is 0.270 e. The Morgan fingerprint density at radius 1 is 1.24 bits per heavy atom. The molecular weight excluding hydrogens is 370 g/mol. The quantitative estimate of drug-likeness (QED) is 0.674. The lowest BCUT2D eigenvalue weighted by atomic mass is 10.1. The Bertz CT molecular complexity index is 967. The van der Waals surface area contributed by atoms with E-state index in [0.717, 1.165) is 24.5 Å². The Labute approximate surface area is 169 Å². The summed E-state index contributed by atoms with van der Waals surface area (Å²) in [5.41, 5.74) is 2.17. The maximum atomic E-state index is 12.9. The van der Waals surface area contributed by atoms with Crippen LogP contribution in [0, 0.1) is 0 Å². The first-order chi connectivity index (χ1) is 14.1. The zero-order chi connectivity index (χ0) is 20.2. The van der Waals surface area contributed by atoms with Crippen molar-refractivity contribution in [3.05, 3.63) is 53.9 Å². The van der Waals surface area contributed by atoms with Gasteiger partial charge in [-0.15, -0.1) is 0 Å². The minimum Gasteiger partial charge on any atom is -0.379 e. The van der Waals surface area contributed by atoms with Crippen molar-refractivity contribution in [1.29, 1.82) is 0 Å². The Hall–Kier alpha value is -2.91. The summed E-state index contributed by atoms with van der Waals surface area (Å²) in [5, 5.41) is 7.24. The zero-order valence-electron chi connectivity index (χ0n) is 16.7. The first-order valence-electron chi connectivity index (χ1n) is 9.85. The minimum absolute atomic E-state index is 0.0227. The third kappa shape index (κ3) is 4.25. The number of nitrogens with zero attached hydrogens (tertiary/aromatic N) is 6. The lowest BCUT2D eigenvalue weighted by molar-refractivity contribution is 0.0153. The van der Waals surface area contributed by atoms with Crippen molar-refractivity contribution in [2.75, 3.05) is 32.8 Å². The molecule has 9 nitrogen and oxygen atoms in total. The van der Waals surface area contributed by atoms with E-state index >= 15 is 0 Å². The van der Waals surface area contributed by atoms with Crippen LogP contribution in [0.5, 0.6) is 0 Å². The van der Waals surface area contributed by atoms with Crippen LogP contribution in [0.1, 0.15) is 47.7 Å². The van der Waals surface area contributed by atoms with E-state index in [4.69, 9.17) is 4.74 Å². The molecule has 4 rings (SSSR count). The van der Waals surface area contributed by atoms with Crippen LogP contribution >= 0.6 is 0 Å². The Kier molecular flexibility index (Phi) is 5.77. The Morgan fingerprint density at radius 3 is 2.79 bits per heavy atom. The summed E-state index contributed by atoms with van der Waals surface area (Å²) in [5.74, 6) is 0.380. The first-order valence-corrected chi connectivity index (χ1v) is 9.85. The van der Waals surface area contributed by atoms with Crippen LogP contribution in [0.25, 0.3) is 5.78 Å². The SMILES string of the molecule is CC(C)c1cc(C(=O)NC[C@H](c2ccccn2)N2CCOCC2)nc2ncnn12. The van der Waals surface area contributed by atoms with Gasteiger partial charge in [-0.05, 0) is 24.1 Å². The minimum atomic E-state index is -0.230. The lowest BCUT2D eigenvalue weighted by Gasteiger charge is -2.34. The number of hydrogen-bond acceptors (Lipinski definition) is 7. The van der Waals surface area contributed by atoms with E-state index in [2.05, 4.69) is 30.3 Å². The summed E-state index contributed by atoms with van der Waals surface area (Å²) in [6.45, 7) is 7.51. The molecule has 3 aromatic rings. The van der Waals surface area contributed by atoms with Gasteiger partial charge in [0.05, 0.1) is 30.6 Å². The molecule has 29 heavy (non-hydrogen) atoms. The van der Waals surface area contributed by atoms with Crippen molar-refractivity contribution < 1.29 is 9.53 Å². The van der Waals surface area contributed by atoms with E-state index in [9.17, 15) is 4.79 Å². The van der Waals surface area contributed by atoms with E-state index < -0.39 is 0 Å². The predicted octanol–water partition coefficient (Wildman–Crippen LogP) is 1.45. The molecule has 1 atom stereocenters. The second-order valence-electron chi connectivity index (χ2n) is 7.32. The predicted molar refractivity (Wildman–Crippen MR) is 107 cm³/mol. The molecule has 1 saturated heterocycles. The maximum Gasteiger partial charge on any atom is 0.270 e. The molecule has 1 fully saturated rings. The first kappa shape index (κ1) is 19.4. The van der Waals surface area contributed by atoms with E-state index in [1.807, 2.05) is 32.0 Å². The van der Waals surface area contributed by atoms with Crippen molar-refractivity contribution in [2.45, 2.75) is 25.8 Å². The van der Waals surface area contributed by atoms with Crippen molar-refractivity contribution >= 4 is 11.7 Å². The highest BCUT2D eigenvalue weighted by Gasteiger charge is 2.25. The fourth-order valence-electron chi connectivity index (χ4n) is 3.53. The van der Waals surface area contributed by atoms with Gasteiger partial charge >= 0.3 is 0 Å². The van der Waals surface area contributed by atoms with E-state index in [1.54, 1.807) is 16.8 Å². The van der Waals surface area contributed by atoms with Crippen LogP contribution in [0.15, 0.2) is 36.8 Å². The number of hydrogen-bond donors (Lipinski definition) is 1. The summed E-state index contributed by atoms with van der Waals surface area (Å²) < 4.78 is 7.15. The molecule has 0 aromatic carbocycles. The van der Waals surface area contributed by atoms with E-state index in [0.29, 0.717) is 31.2 Å². The third-order valence-corrected chi connectivity index (χ3v) is 5.08. The summed E-state index contributed by atoms with van der Waals surface area (Å²) in [7, 11) is 0. The molecule has 0 bridgehead atoms. The van der Waals surface area contributed by atoms with Crippen LogP contribution in [0.4, 0.5) is 0 Å². The standard InChI is InChI=1S/C20H25N7O2/c1-14(2)17-11-16(25-20-23-13-24-27(17)20)19(28)22-12-18(15-5-3-4-6-21-15)26-7-9-29-10-8-26/h3-6,11,13-14,18H,7-10,12H2,1-2H3,(H,22,28)/t18-/m1/s1. The van der Waals surface area contributed by atoms with Gasteiger partial charge in [0.15, 0.2) is 0 Å². The molecule has 152 valence electrons. The molecule has 1 aliphatic heterocycles. The number of rotatable bonds is 6. The molecular formula is C20H25N7O2. The van der Waals surface area contributed by atoms with Gasteiger partial charge < -0.3 is 10.1 Å². The van der Waals surface area contributed by atoms with Crippen molar-refractivity contribution in [3.8, 4) is 0 Å². The van der Waals surface area contributed by atoms with Crippen molar-refractivity contribution in [1.82, 2.24) is 34.8 Å². The van der Waals surface area contributed by atoms with Crippen molar-refractivity contribution in [3.63, 3.8) is 0 Å². The van der Waals surface area contributed by atoms with Gasteiger partial charge in [0.25, 0.3) is 11.7 Å². The Morgan fingerprint density at radius 2 is 2.07 bits per heavy atom. The molecule has 0 radical (unpaired) electrons. The summed E-state index contributed by atoms with van der Waals surface area (Å²) in [4.78, 5) is 28.2. The number of amides is 1. The molecule has 0 unspecified atom stereocenters. The number of carbonyl (C=O) groups is 1. The zero-order valence-corrected chi connectivity index (χ0v) is 16.7. The molecule has 1 amide bonds. The highest BCUT2D eigenvalue weighted by Crippen LogP contribution is 2.20. The van der Waals surface area contributed by atoms with Crippen molar-refractivity contribution in [2.24, 2.45) is 0 Å². The van der Waals surface area contributed by atoms with Crippen LogP contribution in [0.2, 0.25) is 0 Å². The number of aromatic nitrogens is 5. The summed E-state index contributed by atoms with van der Waals surface area (Å²) in [6, 6.07) is 7.61. The van der Waals surface area contributed by atoms with E-state index in [1.165, 1.54) is 6.33 Å². The average molecular weight is 395 g/mol. The fraction of sp³-hybridized carbons (Fsp3) is 0.450. The highest BCUT2D eigenvalue weighted by molar-refractivity contribution is 5.92. The molecule has 4 heterocycles. The topological polar surface area (TPSA) is 97.5 Å². The monoisotopic (exact) mass is 395 g/mol. The molecule has 0 saturated carbocycles. The summed E-state index contributed by atoms with van der Waals surface area (Å²) in [6.07, 6.45) is 3.23. The molecule has 0 aliphatic carbocycles. The van der Waals surface area contributed by atoms with Gasteiger partial charge in [-0.1, -0.05) is 19.9 Å². The molecule has 9 heteroatoms. The Balaban J connectivity index is 1.54. The number of fused-ring (bicyclic) bond motifs is 1. The molecule has 1 aliphatic rings. The molecule has 1 N–H and O–H groups in total. The summed E-state index contributed by atoms with van der Waals surface area (Å²) >= 11 is 0. The molecule has 3 aromatic heterocycles. The third-order valence-electron chi connectivity index (χ3n) is 5.08. The maximum absolute atomic E-state index is 12.9. The van der Waals surface area contributed by atoms with Gasteiger partial charge in [0.1, 0.15) is 12.0 Å².